The first-order valence-corrected chi connectivity index (χ1v) is 4.72. The molecule has 1 aromatic rings. The molecule has 15 heavy (non-hydrogen) atoms. The maximum atomic E-state index is 13.4. The largest absolute Gasteiger partial charge is 0.371 e. The zero-order valence-corrected chi connectivity index (χ0v) is 9.17. The fraction of sp³-hybridized carbons (Fsp3) is 0.417. The first-order chi connectivity index (χ1) is 6.92. The van der Waals surface area contributed by atoms with Gasteiger partial charge in [-0.05, 0) is 26.8 Å². The first kappa shape index (κ1) is 11.7. The third-order valence-corrected chi connectivity index (χ3v) is 1.83. The minimum Gasteiger partial charge on any atom is -0.371 e. The van der Waals surface area contributed by atoms with Crippen LogP contribution in [0.5, 0.6) is 0 Å². The molecule has 0 aliphatic heterocycles. The van der Waals surface area contributed by atoms with Crippen molar-refractivity contribution in [3.63, 3.8) is 0 Å². The zero-order valence-electron chi connectivity index (χ0n) is 9.17. The number of nitrogens with zero attached hydrogens (tertiary/aromatic N) is 1. The monoisotopic (exact) mass is 207 g/mol. The van der Waals surface area contributed by atoms with Crippen LogP contribution >= 0.6 is 0 Å². The highest BCUT2D eigenvalue weighted by atomic mass is 19.1. The van der Waals surface area contributed by atoms with Crippen molar-refractivity contribution in [3.05, 3.63) is 41.0 Å². The van der Waals surface area contributed by atoms with Gasteiger partial charge in [0, 0.05) is 5.56 Å². The molecule has 0 radical (unpaired) electrons. The van der Waals surface area contributed by atoms with Crippen molar-refractivity contribution in [2.24, 2.45) is 0 Å². The van der Waals surface area contributed by atoms with Crippen LogP contribution in [0.25, 0.3) is 4.85 Å². The summed E-state index contributed by atoms with van der Waals surface area (Å²) in [6.45, 7) is 12.7. The van der Waals surface area contributed by atoms with Crippen LogP contribution in [0, 0.1) is 12.4 Å². The number of halogens is 1. The normalized spacial score (nSPS) is 11.1. The van der Waals surface area contributed by atoms with Gasteiger partial charge in [-0.2, -0.15) is 0 Å². The van der Waals surface area contributed by atoms with Crippen molar-refractivity contribution in [2.45, 2.75) is 33.0 Å². The average molecular weight is 207 g/mol. The maximum absolute atomic E-state index is 13.4. The predicted molar refractivity (Wildman–Crippen MR) is 57.2 cm³/mol. The van der Waals surface area contributed by atoms with Crippen molar-refractivity contribution >= 4 is 5.69 Å². The second kappa shape index (κ2) is 4.41. The van der Waals surface area contributed by atoms with E-state index < -0.39 is 0 Å². The van der Waals surface area contributed by atoms with Crippen molar-refractivity contribution < 1.29 is 9.13 Å². The van der Waals surface area contributed by atoms with Crippen molar-refractivity contribution in [1.29, 1.82) is 0 Å². The second-order valence-corrected chi connectivity index (χ2v) is 4.29. The summed E-state index contributed by atoms with van der Waals surface area (Å²) >= 11 is 0. The maximum Gasteiger partial charge on any atom is 0.190 e. The Morgan fingerprint density at radius 3 is 2.53 bits per heavy atom. The highest BCUT2D eigenvalue weighted by molar-refractivity contribution is 5.45. The quantitative estimate of drug-likeness (QED) is 0.674. The average Bonchev–Trinajstić information content (AvgIpc) is 2.14. The summed E-state index contributed by atoms with van der Waals surface area (Å²) in [7, 11) is 0. The number of rotatable bonds is 2. The van der Waals surface area contributed by atoms with Gasteiger partial charge in [0.15, 0.2) is 5.69 Å². The highest BCUT2D eigenvalue weighted by Gasteiger charge is 2.12. The fourth-order valence-electron chi connectivity index (χ4n) is 1.02. The molecule has 1 aromatic carbocycles. The number of ether oxygens (including phenoxy) is 1. The van der Waals surface area contributed by atoms with Gasteiger partial charge in [-0.15, -0.1) is 0 Å². The van der Waals surface area contributed by atoms with E-state index in [0.29, 0.717) is 11.3 Å². The van der Waals surface area contributed by atoms with Crippen molar-refractivity contribution in [1.82, 2.24) is 0 Å². The van der Waals surface area contributed by atoms with Crippen LogP contribution in [0.15, 0.2) is 18.2 Å². The summed E-state index contributed by atoms with van der Waals surface area (Å²) < 4.78 is 18.8. The molecule has 0 saturated carbocycles. The van der Waals surface area contributed by atoms with Gasteiger partial charge < -0.3 is 4.74 Å². The van der Waals surface area contributed by atoms with E-state index in [-0.39, 0.29) is 18.0 Å². The molecule has 0 N–H and O–H groups in total. The molecule has 0 spiro atoms. The summed E-state index contributed by atoms with van der Waals surface area (Å²) in [5.41, 5.74) is 0.509. The molecule has 0 amide bonds. The van der Waals surface area contributed by atoms with E-state index in [9.17, 15) is 4.39 Å². The summed E-state index contributed by atoms with van der Waals surface area (Å²) in [5, 5.41) is 0. The van der Waals surface area contributed by atoms with Crippen LogP contribution in [-0.2, 0) is 11.3 Å². The molecule has 0 bridgehead atoms. The first-order valence-electron chi connectivity index (χ1n) is 4.72. The Morgan fingerprint density at radius 2 is 2.07 bits per heavy atom. The van der Waals surface area contributed by atoms with Crippen molar-refractivity contribution in [2.75, 3.05) is 0 Å². The molecular weight excluding hydrogens is 193 g/mol. The highest BCUT2D eigenvalue weighted by Crippen LogP contribution is 2.19. The number of benzene rings is 1. The van der Waals surface area contributed by atoms with Gasteiger partial charge >= 0.3 is 0 Å². The molecular formula is C12H14FNO. The van der Waals surface area contributed by atoms with Gasteiger partial charge in [0.05, 0.1) is 18.8 Å². The van der Waals surface area contributed by atoms with Crippen molar-refractivity contribution in [3.8, 4) is 0 Å². The molecule has 1 rings (SSSR count). The van der Waals surface area contributed by atoms with Crippen LogP contribution in [0.2, 0.25) is 0 Å². The van der Waals surface area contributed by atoms with Gasteiger partial charge in [0.1, 0.15) is 5.82 Å². The predicted octanol–water partition coefficient (Wildman–Crippen LogP) is 3.69. The zero-order chi connectivity index (χ0) is 11.5. The topological polar surface area (TPSA) is 13.6 Å². The lowest BCUT2D eigenvalue weighted by molar-refractivity contribution is -0.0160. The van der Waals surface area contributed by atoms with Crippen LogP contribution in [0.4, 0.5) is 10.1 Å². The Labute approximate surface area is 89.5 Å². The SMILES string of the molecule is [C-]#[N+]c1ccc(COC(C)(C)C)c(F)c1. The molecule has 2 nitrogen and oxygen atoms in total. The lowest BCUT2D eigenvalue weighted by Gasteiger charge is -2.19. The fourth-order valence-corrected chi connectivity index (χ4v) is 1.02. The van der Waals surface area contributed by atoms with E-state index in [2.05, 4.69) is 4.85 Å². The Morgan fingerprint density at radius 1 is 1.40 bits per heavy atom. The van der Waals surface area contributed by atoms with Gasteiger partial charge in [0.25, 0.3) is 0 Å². The molecule has 0 atom stereocenters. The van der Waals surface area contributed by atoms with E-state index >= 15 is 0 Å². The molecule has 0 aliphatic rings. The summed E-state index contributed by atoms with van der Waals surface area (Å²) in [5.74, 6) is -0.382. The summed E-state index contributed by atoms with van der Waals surface area (Å²) in [6, 6.07) is 4.42. The van der Waals surface area contributed by atoms with E-state index in [1.807, 2.05) is 20.8 Å². The third-order valence-electron chi connectivity index (χ3n) is 1.83. The summed E-state index contributed by atoms with van der Waals surface area (Å²) in [6.07, 6.45) is 0. The third kappa shape index (κ3) is 3.69. The van der Waals surface area contributed by atoms with Gasteiger partial charge in [-0.1, -0.05) is 12.1 Å². The molecule has 0 aliphatic carbocycles. The molecule has 0 fully saturated rings. The molecule has 0 saturated heterocycles. The molecule has 3 heteroatoms. The number of hydrogen-bond acceptors (Lipinski definition) is 1. The van der Waals surface area contributed by atoms with E-state index in [0.717, 1.165) is 0 Å². The van der Waals surface area contributed by atoms with Crippen LogP contribution in [0.1, 0.15) is 26.3 Å². The Hall–Kier alpha value is -1.40. The minimum atomic E-state index is -0.382. The molecule has 80 valence electrons. The smallest absolute Gasteiger partial charge is 0.190 e. The van der Waals surface area contributed by atoms with E-state index in [1.165, 1.54) is 6.07 Å². The standard InChI is InChI=1S/C12H14FNO/c1-12(2,3)15-8-9-5-6-10(14-4)7-11(9)13/h5-7H,8H2,1-3H3. The van der Waals surface area contributed by atoms with Gasteiger partial charge in [-0.3, -0.25) is 0 Å². The van der Waals surface area contributed by atoms with Crippen LogP contribution in [0.3, 0.4) is 0 Å². The van der Waals surface area contributed by atoms with E-state index in [4.69, 9.17) is 11.3 Å². The molecule has 0 unspecified atom stereocenters. The minimum absolute atomic E-state index is 0.230. The summed E-state index contributed by atoms with van der Waals surface area (Å²) in [4.78, 5) is 3.15. The Kier molecular flexibility index (Phi) is 3.43. The molecule has 0 aromatic heterocycles. The second-order valence-electron chi connectivity index (χ2n) is 4.29. The van der Waals surface area contributed by atoms with Crippen LogP contribution < -0.4 is 0 Å². The van der Waals surface area contributed by atoms with E-state index in [1.54, 1.807) is 12.1 Å². The van der Waals surface area contributed by atoms with Gasteiger partial charge in [0.2, 0.25) is 0 Å². The Balaban J connectivity index is 2.76. The van der Waals surface area contributed by atoms with Gasteiger partial charge in [-0.25, -0.2) is 9.24 Å². The lowest BCUT2D eigenvalue weighted by atomic mass is 10.1. The van der Waals surface area contributed by atoms with Crippen LogP contribution in [-0.4, -0.2) is 5.60 Å². The molecule has 0 heterocycles. The lowest BCUT2D eigenvalue weighted by Crippen LogP contribution is -2.19. The Bertz CT molecular complexity index is 388. The number of hydrogen-bond donors (Lipinski definition) is 0.